The van der Waals surface area contributed by atoms with E-state index in [-0.39, 0.29) is 0 Å². The van der Waals surface area contributed by atoms with Gasteiger partial charge in [0.15, 0.2) is 5.84 Å². The summed E-state index contributed by atoms with van der Waals surface area (Å²) >= 11 is 0. The van der Waals surface area contributed by atoms with Gasteiger partial charge in [-0.25, -0.2) is 4.99 Å². The molecule has 2 heteroatoms. The lowest BCUT2D eigenvalue weighted by molar-refractivity contribution is 1.38. The number of amidine groups is 1. The smallest absolute Gasteiger partial charge is 0.153 e. The molecule has 0 aliphatic heterocycles. The van der Waals surface area contributed by atoms with Gasteiger partial charge in [0, 0.05) is 12.6 Å². The van der Waals surface area contributed by atoms with Crippen LogP contribution in [0.25, 0.3) is 0 Å². The summed E-state index contributed by atoms with van der Waals surface area (Å²) in [7, 11) is 1.71. The molecule has 0 radical (unpaired) electrons. The third-order valence-electron chi connectivity index (χ3n) is 1.67. The highest BCUT2D eigenvalue weighted by Gasteiger charge is 1.96. The van der Waals surface area contributed by atoms with Gasteiger partial charge in [-0.2, -0.15) is 0 Å². The summed E-state index contributed by atoms with van der Waals surface area (Å²) in [6, 6.07) is 8.05. The zero-order valence-electron chi connectivity index (χ0n) is 8.83. The monoisotopic (exact) mass is 188 g/mol. The number of rotatable bonds is 1. The minimum absolute atomic E-state index is 0.690. The van der Waals surface area contributed by atoms with E-state index in [9.17, 15) is 0 Å². The maximum atomic E-state index is 3.99. The van der Waals surface area contributed by atoms with E-state index in [4.69, 9.17) is 0 Å². The second-order valence-corrected chi connectivity index (χ2v) is 2.57. The fraction of sp³-hybridized carbons (Fsp3) is 0.167. The van der Waals surface area contributed by atoms with Crippen molar-refractivity contribution in [1.29, 1.82) is 0 Å². The van der Waals surface area contributed by atoms with Gasteiger partial charge >= 0.3 is 0 Å². The molecule has 0 saturated heterocycles. The van der Waals surface area contributed by atoms with Crippen molar-refractivity contribution in [2.24, 2.45) is 9.98 Å². The lowest BCUT2D eigenvalue weighted by Crippen LogP contribution is -1.95. The first kappa shape index (κ1) is 12.3. The molecular weight excluding hydrogens is 172 g/mol. The zero-order chi connectivity index (χ0) is 11.0. The van der Waals surface area contributed by atoms with E-state index in [1.807, 2.05) is 31.2 Å². The van der Waals surface area contributed by atoms with Gasteiger partial charge in [0.25, 0.3) is 0 Å². The van der Waals surface area contributed by atoms with Gasteiger partial charge in [-0.05, 0) is 13.6 Å². The molecule has 0 unspecified atom stereocenters. The average molecular weight is 188 g/mol. The standard InChI is InChI=1S/C10H12N2.C2H4/c1-8-4-6-9(7-5-8)10(11-2)12-3;1-2/h4-7H,2H2,1,3H3;1-2H2. The van der Waals surface area contributed by atoms with Gasteiger partial charge in [-0.15, -0.1) is 13.2 Å². The number of benzene rings is 1. The Kier molecular flexibility index (Phi) is 5.95. The molecule has 0 aliphatic carbocycles. The summed E-state index contributed by atoms with van der Waals surface area (Å²) in [5.74, 6) is 0.690. The third kappa shape index (κ3) is 3.35. The van der Waals surface area contributed by atoms with Crippen molar-refractivity contribution in [1.82, 2.24) is 0 Å². The quantitative estimate of drug-likeness (QED) is 0.368. The molecule has 1 aromatic carbocycles. The molecule has 0 N–H and O–H groups in total. The van der Waals surface area contributed by atoms with Gasteiger partial charge in [-0.1, -0.05) is 29.8 Å². The number of aryl methyl sites for hydroxylation is 1. The first-order chi connectivity index (χ1) is 6.77. The second kappa shape index (κ2) is 6.78. The molecule has 0 atom stereocenters. The average Bonchev–Trinajstić information content (AvgIpc) is 2.25. The summed E-state index contributed by atoms with van der Waals surface area (Å²) in [6.07, 6.45) is 0. The summed E-state index contributed by atoms with van der Waals surface area (Å²) in [4.78, 5) is 7.80. The normalized spacial score (nSPS) is 10.0. The largest absolute Gasteiger partial charge is 0.270 e. The predicted octanol–water partition coefficient (Wildman–Crippen LogP) is 2.87. The maximum Gasteiger partial charge on any atom is 0.153 e. The molecule has 2 nitrogen and oxygen atoms in total. The van der Waals surface area contributed by atoms with Crippen LogP contribution in [-0.4, -0.2) is 19.6 Å². The molecule has 74 valence electrons. The number of aliphatic imine (C=N–C) groups is 2. The van der Waals surface area contributed by atoms with E-state index in [1.54, 1.807) is 7.05 Å². The molecule has 0 amide bonds. The van der Waals surface area contributed by atoms with E-state index < -0.39 is 0 Å². The molecule has 0 bridgehead atoms. The Balaban J connectivity index is 0.000000791. The van der Waals surface area contributed by atoms with Crippen molar-refractivity contribution >= 4 is 12.6 Å². The van der Waals surface area contributed by atoms with Crippen LogP contribution in [-0.2, 0) is 0 Å². The van der Waals surface area contributed by atoms with Crippen LogP contribution in [0.15, 0.2) is 47.4 Å². The van der Waals surface area contributed by atoms with Gasteiger partial charge in [-0.3, -0.25) is 4.99 Å². The Morgan fingerprint density at radius 2 is 1.64 bits per heavy atom. The summed E-state index contributed by atoms with van der Waals surface area (Å²) in [5, 5.41) is 0. The molecular formula is C12H16N2. The topological polar surface area (TPSA) is 24.7 Å². The van der Waals surface area contributed by atoms with E-state index in [0.29, 0.717) is 5.84 Å². The highest BCUT2D eigenvalue weighted by molar-refractivity contribution is 6.01. The minimum atomic E-state index is 0.690. The summed E-state index contributed by atoms with van der Waals surface area (Å²) < 4.78 is 0. The zero-order valence-corrected chi connectivity index (χ0v) is 8.83. The van der Waals surface area contributed by atoms with Crippen LogP contribution in [0.3, 0.4) is 0 Å². The van der Waals surface area contributed by atoms with Crippen LogP contribution in [0.5, 0.6) is 0 Å². The maximum absolute atomic E-state index is 3.99. The van der Waals surface area contributed by atoms with Crippen LogP contribution >= 0.6 is 0 Å². The van der Waals surface area contributed by atoms with Gasteiger partial charge in [0.05, 0.1) is 0 Å². The molecule has 0 aliphatic rings. The molecule has 14 heavy (non-hydrogen) atoms. The number of nitrogens with zero attached hydrogens (tertiary/aromatic N) is 2. The highest BCUT2D eigenvalue weighted by Crippen LogP contribution is 2.04. The fourth-order valence-corrected chi connectivity index (χ4v) is 0.994. The molecule has 0 heterocycles. The Morgan fingerprint density at radius 3 is 2.00 bits per heavy atom. The minimum Gasteiger partial charge on any atom is -0.270 e. The van der Waals surface area contributed by atoms with Crippen molar-refractivity contribution in [3.8, 4) is 0 Å². The van der Waals surface area contributed by atoms with Crippen LogP contribution < -0.4 is 0 Å². The number of hydrogen-bond acceptors (Lipinski definition) is 1. The SMILES string of the molecule is C=C.C=NC(=NC)c1ccc(C)cc1. The predicted molar refractivity (Wildman–Crippen MR) is 64.4 cm³/mol. The highest BCUT2D eigenvalue weighted by atomic mass is 14.9. The molecule has 0 aromatic heterocycles. The van der Waals surface area contributed by atoms with Gasteiger partial charge < -0.3 is 0 Å². The second-order valence-electron chi connectivity index (χ2n) is 2.57. The van der Waals surface area contributed by atoms with Gasteiger partial charge in [0.1, 0.15) is 0 Å². The number of hydrogen-bond donors (Lipinski definition) is 0. The fourth-order valence-electron chi connectivity index (χ4n) is 0.994. The van der Waals surface area contributed by atoms with Crippen LogP contribution in [0.4, 0.5) is 0 Å². The van der Waals surface area contributed by atoms with E-state index in [1.165, 1.54) is 5.56 Å². The van der Waals surface area contributed by atoms with E-state index in [2.05, 4.69) is 29.9 Å². The molecule has 1 rings (SSSR count). The van der Waals surface area contributed by atoms with Crippen molar-refractivity contribution < 1.29 is 0 Å². The summed E-state index contributed by atoms with van der Waals surface area (Å²) in [6.45, 7) is 11.5. The third-order valence-corrected chi connectivity index (χ3v) is 1.67. The molecule has 0 saturated carbocycles. The van der Waals surface area contributed by atoms with Crippen LogP contribution in [0.1, 0.15) is 11.1 Å². The summed E-state index contributed by atoms with van der Waals surface area (Å²) in [5.41, 5.74) is 2.25. The van der Waals surface area contributed by atoms with E-state index >= 15 is 0 Å². The Labute approximate surface area is 85.7 Å². The molecule has 0 fully saturated rings. The molecule has 1 aromatic rings. The van der Waals surface area contributed by atoms with Crippen LogP contribution in [0.2, 0.25) is 0 Å². The molecule has 0 spiro atoms. The van der Waals surface area contributed by atoms with Crippen LogP contribution in [0, 0.1) is 6.92 Å². The lowest BCUT2D eigenvalue weighted by atomic mass is 10.1. The van der Waals surface area contributed by atoms with Crippen molar-refractivity contribution in [2.75, 3.05) is 7.05 Å². The van der Waals surface area contributed by atoms with Gasteiger partial charge in [0.2, 0.25) is 0 Å². The first-order valence-corrected chi connectivity index (χ1v) is 4.28. The lowest BCUT2D eigenvalue weighted by Gasteiger charge is -1.98. The Bertz CT molecular complexity index is 310. The van der Waals surface area contributed by atoms with Crippen molar-refractivity contribution in [3.63, 3.8) is 0 Å². The Hall–Kier alpha value is -1.70. The van der Waals surface area contributed by atoms with E-state index in [0.717, 1.165) is 5.56 Å². The first-order valence-electron chi connectivity index (χ1n) is 4.28. The van der Waals surface area contributed by atoms with Crippen molar-refractivity contribution in [2.45, 2.75) is 6.92 Å². The van der Waals surface area contributed by atoms with Crippen molar-refractivity contribution in [3.05, 3.63) is 48.6 Å². The Morgan fingerprint density at radius 1 is 1.14 bits per heavy atom.